The molecule has 29 heavy (non-hydrogen) atoms. The molecule has 2 aliphatic rings. The third-order valence-corrected chi connectivity index (χ3v) is 5.78. The molecule has 1 amide bonds. The normalized spacial score (nSPS) is 16.0. The Bertz CT molecular complexity index is 995. The van der Waals surface area contributed by atoms with Gasteiger partial charge in [0, 0.05) is 48.7 Å². The molecule has 5 heteroatoms. The predicted octanol–water partition coefficient (Wildman–Crippen LogP) is 3.86. The first-order chi connectivity index (χ1) is 14.2. The van der Waals surface area contributed by atoms with Crippen LogP contribution < -0.4 is 15.4 Å². The molecule has 0 radical (unpaired) electrons. The number of para-hydroxylation sites is 2. The van der Waals surface area contributed by atoms with Gasteiger partial charge in [-0.25, -0.2) is 0 Å². The number of ether oxygens (including phenoxy) is 1. The zero-order valence-electron chi connectivity index (χ0n) is 16.1. The van der Waals surface area contributed by atoms with Crippen molar-refractivity contribution in [3.63, 3.8) is 0 Å². The molecule has 0 spiro atoms. The van der Waals surface area contributed by atoms with Crippen LogP contribution in [-0.4, -0.2) is 37.0 Å². The molecule has 0 aromatic heterocycles. The van der Waals surface area contributed by atoms with Gasteiger partial charge in [0.25, 0.3) is 0 Å². The van der Waals surface area contributed by atoms with Crippen LogP contribution in [0.3, 0.4) is 0 Å². The summed E-state index contributed by atoms with van der Waals surface area (Å²) in [6, 6.07) is 23.6. The third-order valence-electron chi connectivity index (χ3n) is 5.78. The molecule has 0 aliphatic carbocycles. The van der Waals surface area contributed by atoms with E-state index in [-0.39, 0.29) is 11.8 Å². The van der Waals surface area contributed by atoms with Crippen molar-refractivity contribution in [3.05, 3.63) is 83.9 Å². The minimum Gasteiger partial charge on any atom is -0.457 e. The highest BCUT2D eigenvalue weighted by Crippen LogP contribution is 2.44. The molecule has 0 unspecified atom stereocenters. The van der Waals surface area contributed by atoms with Gasteiger partial charge in [0.1, 0.15) is 11.5 Å². The quantitative estimate of drug-likeness (QED) is 0.681. The van der Waals surface area contributed by atoms with Crippen LogP contribution in [0, 0.1) is 0 Å². The summed E-state index contributed by atoms with van der Waals surface area (Å²) in [5.41, 5.74) is 9.59. The van der Waals surface area contributed by atoms with Crippen LogP contribution in [0.5, 0.6) is 11.5 Å². The zero-order valence-corrected chi connectivity index (χ0v) is 16.1. The molecule has 0 bridgehead atoms. The second-order valence-electron chi connectivity index (χ2n) is 7.51. The highest BCUT2D eigenvalue weighted by Gasteiger charge is 2.36. The van der Waals surface area contributed by atoms with Crippen molar-refractivity contribution in [1.82, 2.24) is 4.90 Å². The fraction of sp³-hybridized carbons (Fsp3) is 0.208. The Hall–Kier alpha value is -3.47. The lowest BCUT2D eigenvalue weighted by molar-refractivity contribution is -0.132. The number of hydrogen-bond acceptors (Lipinski definition) is 4. The Morgan fingerprint density at radius 1 is 0.793 bits per heavy atom. The molecule has 1 fully saturated rings. The van der Waals surface area contributed by atoms with Gasteiger partial charge in [-0.15, -0.1) is 0 Å². The third kappa shape index (κ3) is 3.18. The summed E-state index contributed by atoms with van der Waals surface area (Å²) in [5.74, 6) is 1.36. The first-order valence-corrected chi connectivity index (χ1v) is 9.96. The van der Waals surface area contributed by atoms with E-state index >= 15 is 0 Å². The number of hydrogen-bond donors (Lipinski definition) is 1. The lowest BCUT2D eigenvalue weighted by atomic mass is 9.86. The summed E-state index contributed by atoms with van der Waals surface area (Å²) in [4.78, 5) is 17.9. The first-order valence-electron chi connectivity index (χ1n) is 9.96. The molecule has 0 atom stereocenters. The van der Waals surface area contributed by atoms with Gasteiger partial charge in [-0.2, -0.15) is 0 Å². The highest BCUT2D eigenvalue weighted by molar-refractivity contribution is 5.90. The van der Waals surface area contributed by atoms with Crippen LogP contribution in [0.25, 0.3) is 0 Å². The van der Waals surface area contributed by atoms with E-state index in [1.165, 1.54) is 0 Å². The first kappa shape index (κ1) is 17.6. The Balaban J connectivity index is 1.38. The molecule has 5 nitrogen and oxygen atoms in total. The zero-order chi connectivity index (χ0) is 19.8. The van der Waals surface area contributed by atoms with Crippen molar-refractivity contribution < 1.29 is 9.53 Å². The fourth-order valence-corrected chi connectivity index (χ4v) is 4.23. The second kappa shape index (κ2) is 7.17. The highest BCUT2D eigenvalue weighted by atomic mass is 16.5. The fourth-order valence-electron chi connectivity index (χ4n) is 4.23. The van der Waals surface area contributed by atoms with Gasteiger partial charge in [0.05, 0.1) is 5.92 Å². The molecule has 2 aliphatic heterocycles. The van der Waals surface area contributed by atoms with Crippen molar-refractivity contribution in [2.24, 2.45) is 0 Å². The predicted molar refractivity (Wildman–Crippen MR) is 114 cm³/mol. The largest absolute Gasteiger partial charge is 0.457 e. The molecule has 146 valence electrons. The molecule has 2 heterocycles. The lowest BCUT2D eigenvalue weighted by Gasteiger charge is -2.38. The molecule has 0 saturated carbocycles. The van der Waals surface area contributed by atoms with E-state index in [2.05, 4.69) is 4.90 Å². The van der Waals surface area contributed by atoms with E-state index in [9.17, 15) is 4.79 Å². The number of piperazine rings is 1. The molecule has 3 aromatic rings. The van der Waals surface area contributed by atoms with Crippen molar-refractivity contribution in [3.8, 4) is 11.5 Å². The van der Waals surface area contributed by atoms with E-state index in [0.29, 0.717) is 13.1 Å². The monoisotopic (exact) mass is 385 g/mol. The average molecular weight is 385 g/mol. The number of nitrogen functional groups attached to an aromatic ring is 1. The number of nitrogens with two attached hydrogens (primary N) is 1. The van der Waals surface area contributed by atoms with Crippen LogP contribution >= 0.6 is 0 Å². The molecule has 1 saturated heterocycles. The number of carbonyl (C=O) groups is 1. The number of anilines is 2. The van der Waals surface area contributed by atoms with Gasteiger partial charge < -0.3 is 20.3 Å². The summed E-state index contributed by atoms with van der Waals surface area (Å²) >= 11 is 0. The van der Waals surface area contributed by atoms with Gasteiger partial charge in [-0.3, -0.25) is 4.79 Å². The van der Waals surface area contributed by atoms with E-state index < -0.39 is 0 Å². The van der Waals surface area contributed by atoms with E-state index in [1.807, 2.05) is 77.7 Å². The Morgan fingerprint density at radius 3 is 1.93 bits per heavy atom. The van der Waals surface area contributed by atoms with Gasteiger partial charge in [0.2, 0.25) is 5.91 Å². The van der Waals surface area contributed by atoms with Gasteiger partial charge >= 0.3 is 0 Å². The minimum absolute atomic E-state index is 0.144. The van der Waals surface area contributed by atoms with Crippen LogP contribution in [0.1, 0.15) is 17.0 Å². The van der Waals surface area contributed by atoms with Crippen molar-refractivity contribution in [2.75, 3.05) is 36.8 Å². The van der Waals surface area contributed by atoms with Crippen molar-refractivity contribution in [2.45, 2.75) is 5.92 Å². The maximum Gasteiger partial charge on any atom is 0.234 e. The molecule has 3 aromatic carbocycles. The summed E-state index contributed by atoms with van der Waals surface area (Å²) in [7, 11) is 0. The van der Waals surface area contributed by atoms with Crippen LogP contribution in [0.15, 0.2) is 72.8 Å². The van der Waals surface area contributed by atoms with Gasteiger partial charge in [-0.1, -0.05) is 36.4 Å². The Kier molecular flexibility index (Phi) is 4.35. The molecule has 5 rings (SSSR count). The number of benzene rings is 3. The lowest BCUT2D eigenvalue weighted by Crippen LogP contribution is -2.50. The maximum absolute atomic E-state index is 13.6. The number of carbonyl (C=O) groups excluding carboxylic acids is 1. The number of rotatable bonds is 2. The van der Waals surface area contributed by atoms with Crippen LogP contribution in [0.4, 0.5) is 11.4 Å². The van der Waals surface area contributed by atoms with Crippen molar-refractivity contribution >= 4 is 17.3 Å². The van der Waals surface area contributed by atoms with Gasteiger partial charge in [0.15, 0.2) is 0 Å². The molecule has 2 N–H and O–H groups in total. The number of fused-ring (bicyclic) bond motifs is 2. The SMILES string of the molecule is Nc1ccc(N2CCN(C(=O)C3c4ccccc4Oc4ccccc43)CC2)cc1. The number of nitrogens with zero attached hydrogens (tertiary/aromatic N) is 2. The molecular formula is C24H23N3O2. The van der Waals surface area contributed by atoms with E-state index in [0.717, 1.165) is 47.1 Å². The standard InChI is InChI=1S/C24H23N3O2/c25-17-9-11-18(12-10-17)26-13-15-27(16-14-26)24(28)23-19-5-1-3-7-21(19)29-22-8-4-2-6-20(22)23/h1-12,23H,13-16,25H2. The van der Waals surface area contributed by atoms with Crippen molar-refractivity contribution in [1.29, 1.82) is 0 Å². The smallest absolute Gasteiger partial charge is 0.234 e. The minimum atomic E-state index is -0.320. The Morgan fingerprint density at radius 2 is 1.34 bits per heavy atom. The average Bonchev–Trinajstić information content (AvgIpc) is 2.77. The Labute approximate surface area is 170 Å². The summed E-state index contributed by atoms with van der Waals surface area (Å²) in [6.07, 6.45) is 0. The van der Waals surface area contributed by atoms with E-state index in [1.54, 1.807) is 0 Å². The summed E-state index contributed by atoms with van der Waals surface area (Å²) in [5, 5.41) is 0. The van der Waals surface area contributed by atoms with Gasteiger partial charge in [-0.05, 0) is 36.4 Å². The van der Waals surface area contributed by atoms with E-state index in [4.69, 9.17) is 10.5 Å². The second-order valence-corrected chi connectivity index (χ2v) is 7.51. The number of amides is 1. The van der Waals surface area contributed by atoms with Crippen LogP contribution in [0.2, 0.25) is 0 Å². The summed E-state index contributed by atoms with van der Waals surface area (Å²) in [6.45, 7) is 3.01. The maximum atomic E-state index is 13.6. The topological polar surface area (TPSA) is 58.8 Å². The molecular weight excluding hydrogens is 362 g/mol. The van der Waals surface area contributed by atoms with Crippen LogP contribution in [-0.2, 0) is 4.79 Å². The summed E-state index contributed by atoms with van der Waals surface area (Å²) < 4.78 is 6.04.